The van der Waals surface area contributed by atoms with Crippen LogP contribution in [0.2, 0.25) is 0 Å². The number of aliphatic hydroxyl groups is 1. The molecule has 4 atom stereocenters. The number of nitrogen functional groups attached to an aromatic ring is 1. The molecule has 3 rings (SSSR count). The van der Waals surface area contributed by atoms with E-state index in [1.807, 2.05) is 0 Å². The Kier molecular flexibility index (Phi) is 4.13. The summed E-state index contributed by atoms with van der Waals surface area (Å²) in [5, 5.41) is 10.4. The number of aromatic nitrogens is 3. The Balaban J connectivity index is 1.85. The van der Waals surface area contributed by atoms with Gasteiger partial charge >= 0.3 is 0 Å². The van der Waals surface area contributed by atoms with Gasteiger partial charge in [-0.15, -0.1) is 0 Å². The smallest absolute Gasteiger partial charge is 0.261 e. The van der Waals surface area contributed by atoms with Crippen LogP contribution in [0.4, 0.5) is 5.95 Å². The number of ether oxygens (including phenoxy) is 1. The number of anilines is 1. The number of fused-ring (bicyclic) bond motifs is 1. The van der Waals surface area contributed by atoms with Crippen molar-refractivity contribution in [3.8, 4) is 0 Å². The van der Waals surface area contributed by atoms with E-state index in [2.05, 4.69) is 9.97 Å². The maximum Gasteiger partial charge on any atom is 0.261 e. The first-order chi connectivity index (χ1) is 10.5. The van der Waals surface area contributed by atoms with Crippen molar-refractivity contribution in [2.45, 2.75) is 24.9 Å². The molecule has 120 valence electrons. The standard InChI is InChI=1S/C11H16N5O5P/c12-11-14-9-5(10(18)15-11)1-2-16(9)8-3-6(17)7(21-8)4-20-22(13)19/h1-2,6-8,17,19H,3-4,13H2,(H3,12,14,15,18)/t6-,7+,8+,22?/m0/s1. The van der Waals surface area contributed by atoms with Crippen molar-refractivity contribution in [1.29, 1.82) is 0 Å². The molecule has 1 aliphatic rings. The summed E-state index contributed by atoms with van der Waals surface area (Å²) in [4.78, 5) is 27.3. The fourth-order valence-electron chi connectivity index (χ4n) is 2.48. The van der Waals surface area contributed by atoms with Gasteiger partial charge in [-0.3, -0.25) is 15.3 Å². The van der Waals surface area contributed by atoms with E-state index in [1.165, 1.54) is 0 Å². The number of H-pyrrole nitrogens is 1. The fraction of sp³-hybridized carbons (Fsp3) is 0.455. The van der Waals surface area contributed by atoms with Gasteiger partial charge in [0, 0.05) is 12.6 Å². The normalized spacial score (nSPS) is 26.6. The molecule has 1 saturated heterocycles. The summed E-state index contributed by atoms with van der Waals surface area (Å²) in [5.41, 5.74) is 10.7. The third-order valence-electron chi connectivity index (χ3n) is 3.49. The lowest BCUT2D eigenvalue weighted by atomic mass is 10.2. The van der Waals surface area contributed by atoms with Gasteiger partial charge in [0.1, 0.15) is 12.3 Å². The second kappa shape index (κ2) is 5.92. The summed E-state index contributed by atoms with van der Waals surface area (Å²) < 4.78 is 12.2. The van der Waals surface area contributed by atoms with E-state index in [9.17, 15) is 9.90 Å². The van der Waals surface area contributed by atoms with Crippen LogP contribution in [0.3, 0.4) is 0 Å². The summed E-state index contributed by atoms with van der Waals surface area (Å²) in [6, 6.07) is 1.60. The van der Waals surface area contributed by atoms with Crippen LogP contribution in [-0.2, 0) is 9.26 Å². The minimum atomic E-state index is -2.00. The molecule has 1 unspecified atom stereocenters. The average Bonchev–Trinajstić information content (AvgIpc) is 3.00. The van der Waals surface area contributed by atoms with Gasteiger partial charge in [0.05, 0.1) is 18.1 Å². The molecule has 0 aliphatic carbocycles. The van der Waals surface area contributed by atoms with Crippen molar-refractivity contribution >= 4 is 25.5 Å². The average molecular weight is 329 g/mol. The number of aliphatic hydroxyl groups excluding tert-OH is 1. The summed E-state index contributed by atoms with van der Waals surface area (Å²) in [5.74, 6) is 0.00457. The molecule has 0 spiro atoms. The Labute approximate surface area is 125 Å². The molecule has 11 heteroatoms. The van der Waals surface area contributed by atoms with Gasteiger partial charge in [0.15, 0.2) is 5.65 Å². The first kappa shape index (κ1) is 15.3. The zero-order chi connectivity index (χ0) is 15.9. The topological polar surface area (TPSA) is 162 Å². The Morgan fingerprint density at radius 2 is 2.41 bits per heavy atom. The van der Waals surface area contributed by atoms with Gasteiger partial charge in [0.2, 0.25) is 14.5 Å². The predicted molar refractivity (Wildman–Crippen MR) is 78.6 cm³/mol. The van der Waals surface area contributed by atoms with Crippen molar-refractivity contribution in [2.24, 2.45) is 5.50 Å². The molecule has 7 N–H and O–H groups in total. The summed E-state index contributed by atoms with van der Waals surface area (Å²) in [7, 11) is -2.00. The highest BCUT2D eigenvalue weighted by atomic mass is 31.2. The molecule has 0 radical (unpaired) electrons. The molecule has 2 aromatic heterocycles. The molecule has 1 aliphatic heterocycles. The molecule has 0 aromatic carbocycles. The molecule has 10 nitrogen and oxygen atoms in total. The van der Waals surface area contributed by atoms with Crippen LogP contribution in [0.1, 0.15) is 12.6 Å². The van der Waals surface area contributed by atoms with Crippen molar-refractivity contribution in [1.82, 2.24) is 14.5 Å². The summed E-state index contributed by atoms with van der Waals surface area (Å²) >= 11 is 0. The Morgan fingerprint density at radius 3 is 3.14 bits per heavy atom. The third kappa shape index (κ3) is 2.84. The number of hydrogen-bond acceptors (Lipinski definition) is 8. The molecule has 0 bridgehead atoms. The van der Waals surface area contributed by atoms with Crippen LogP contribution in [0.25, 0.3) is 11.0 Å². The van der Waals surface area contributed by atoms with E-state index in [0.717, 1.165) is 0 Å². The number of rotatable bonds is 4. The maximum atomic E-state index is 11.8. The monoisotopic (exact) mass is 329 g/mol. The van der Waals surface area contributed by atoms with E-state index in [-0.39, 0.29) is 18.1 Å². The molecule has 2 aromatic rings. The van der Waals surface area contributed by atoms with Gasteiger partial charge in [-0.1, -0.05) is 0 Å². The van der Waals surface area contributed by atoms with Crippen LogP contribution < -0.4 is 16.8 Å². The molecule has 0 amide bonds. The molecule has 0 saturated carbocycles. The van der Waals surface area contributed by atoms with Crippen molar-refractivity contribution in [2.75, 3.05) is 12.3 Å². The largest absolute Gasteiger partial charge is 0.390 e. The van der Waals surface area contributed by atoms with Gasteiger partial charge in [0.25, 0.3) is 5.56 Å². The van der Waals surface area contributed by atoms with Gasteiger partial charge in [-0.05, 0) is 6.07 Å². The number of nitrogens with one attached hydrogen (secondary N) is 1. The number of nitrogens with two attached hydrogens (primary N) is 2. The minimum Gasteiger partial charge on any atom is -0.390 e. The van der Waals surface area contributed by atoms with Crippen molar-refractivity contribution in [3.63, 3.8) is 0 Å². The maximum absolute atomic E-state index is 11.8. The molecular weight excluding hydrogens is 313 g/mol. The van der Waals surface area contributed by atoms with Crippen LogP contribution in [0.5, 0.6) is 0 Å². The molecular formula is C11H16N5O5P. The van der Waals surface area contributed by atoms with Crippen molar-refractivity contribution in [3.05, 3.63) is 22.6 Å². The van der Waals surface area contributed by atoms with E-state index in [1.54, 1.807) is 16.8 Å². The number of hydrogen-bond donors (Lipinski definition) is 5. The third-order valence-corrected chi connectivity index (χ3v) is 3.90. The quantitative estimate of drug-likeness (QED) is 0.453. The lowest BCUT2D eigenvalue weighted by molar-refractivity contribution is -0.0376. The SMILES string of the molecule is Nc1nc2c(ccn2[C@H]2C[C@H](O)[C@@H](COP(N)O)O2)c(=O)[nH]1. The Morgan fingerprint density at radius 1 is 1.64 bits per heavy atom. The minimum absolute atomic E-state index is 0.00457. The first-order valence-corrected chi connectivity index (χ1v) is 7.80. The van der Waals surface area contributed by atoms with Crippen LogP contribution in [-0.4, -0.2) is 43.3 Å². The van der Waals surface area contributed by atoms with Crippen LogP contribution in [0.15, 0.2) is 17.1 Å². The van der Waals surface area contributed by atoms with Gasteiger partial charge in [-0.2, -0.15) is 4.98 Å². The highest BCUT2D eigenvalue weighted by Gasteiger charge is 2.36. The Hall–Kier alpha value is -1.55. The zero-order valence-electron chi connectivity index (χ0n) is 11.4. The second-order valence-corrected chi connectivity index (χ2v) is 5.81. The van der Waals surface area contributed by atoms with E-state index in [4.69, 9.17) is 25.4 Å². The molecule has 3 heterocycles. The van der Waals surface area contributed by atoms with Gasteiger partial charge in [-0.25, -0.2) is 0 Å². The molecule has 22 heavy (non-hydrogen) atoms. The number of nitrogens with zero attached hydrogens (tertiary/aromatic N) is 2. The zero-order valence-corrected chi connectivity index (χ0v) is 12.3. The van der Waals surface area contributed by atoms with Crippen molar-refractivity contribution < 1.29 is 19.3 Å². The Bertz CT molecular complexity index is 731. The molecule has 1 fully saturated rings. The van der Waals surface area contributed by atoms with Gasteiger partial charge < -0.3 is 29.6 Å². The summed E-state index contributed by atoms with van der Waals surface area (Å²) in [6.45, 7) is -0.0221. The second-order valence-electron chi connectivity index (χ2n) is 4.94. The first-order valence-electron chi connectivity index (χ1n) is 6.52. The fourth-order valence-corrected chi connectivity index (χ4v) is 2.78. The van der Waals surface area contributed by atoms with Crippen LogP contribution in [0, 0.1) is 0 Å². The van der Waals surface area contributed by atoms with E-state index in [0.29, 0.717) is 17.5 Å². The number of aromatic amines is 1. The lowest BCUT2D eigenvalue weighted by Gasteiger charge is -2.16. The van der Waals surface area contributed by atoms with E-state index < -0.39 is 27.0 Å². The lowest BCUT2D eigenvalue weighted by Crippen LogP contribution is -2.26. The summed E-state index contributed by atoms with van der Waals surface area (Å²) in [6.07, 6.45) is 0.0197. The highest BCUT2D eigenvalue weighted by molar-refractivity contribution is 7.43. The highest BCUT2D eigenvalue weighted by Crippen LogP contribution is 2.32. The predicted octanol–water partition coefficient (Wildman–Crippen LogP) is -0.850. The van der Waals surface area contributed by atoms with Crippen LogP contribution >= 0.6 is 8.53 Å². The van der Waals surface area contributed by atoms with E-state index >= 15 is 0 Å².